The minimum Gasteiger partial charge on any atom is -0.306 e. The molecule has 2 rings (SSSR count). The van der Waals surface area contributed by atoms with Crippen LogP contribution in [0.25, 0.3) is 0 Å². The molecule has 0 bridgehead atoms. The minimum absolute atomic E-state index is 0.120. The molecule has 1 atom stereocenters. The van der Waals surface area contributed by atoms with Gasteiger partial charge in [0.25, 0.3) is 5.69 Å². The van der Waals surface area contributed by atoms with Gasteiger partial charge in [0.15, 0.2) is 0 Å². The summed E-state index contributed by atoms with van der Waals surface area (Å²) < 4.78 is 1.83. The van der Waals surface area contributed by atoms with Crippen LogP contribution in [0.4, 0.5) is 5.69 Å². The van der Waals surface area contributed by atoms with Crippen molar-refractivity contribution >= 4 is 5.69 Å². The van der Waals surface area contributed by atoms with Crippen molar-refractivity contribution in [2.24, 2.45) is 7.05 Å². The van der Waals surface area contributed by atoms with Crippen molar-refractivity contribution in [1.82, 2.24) is 15.1 Å². The van der Waals surface area contributed by atoms with Gasteiger partial charge in [-0.25, -0.2) is 0 Å². The highest BCUT2D eigenvalue weighted by atomic mass is 16.6. The summed E-state index contributed by atoms with van der Waals surface area (Å²) in [5, 5.41) is 18.3. The Morgan fingerprint density at radius 3 is 2.85 bits per heavy atom. The van der Waals surface area contributed by atoms with Crippen molar-refractivity contribution in [2.45, 2.75) is 26.4 Å². The molecular weight excluding hydrogens is 256 g/mol. The van der Waals surface area contributed by atoms with E-state index in [1.807, 2.05) is 30.9 Å². The first kappa shape index (κ1) is 14.2. The zero-order valence-electron chi connectivity index (χ0n) is 11.8. The molecule has 0 spiro atoms. The monoisotopic (exact) mass is 274 g/mol. The fraction of sp³-hybridized carbons (Fsp3) is 0.357. The summed E-state index contributed by atoms with van der Waals surface area (Å²) in [6, 6.07) is 6.81. The van der Waals surface area contributed by atoms with Gasteiger partial charge in [-0.05, 0) is 19.4 Å². The van der Waals surface area contributed by atoms with Gasteiger partial charge in [-0.2, -0.15) is 5.10 Å². The number of hydrogen-bond acceptors (Lipinski definition) is 4. The maximum absolute atomic E-state index is 10.7. The van der Waals surface area contributed by atoms with E-state index >= 15 is 0 Å². The number of aryl methyl sites for hydroxylation is 1. The second-order valence-electron chi connectivity index (χ2n) is 4.84. The van der Waals surface area contributed by atoms with Crippen LogP contribution in [0, 0.1) is 17.0 Å². The van der Waals surface area contributed by atoms with Crippen LogP contribution in [-0.4, -0.2) is 14.7 Å². The topological polar surface area (TPSA) is 73.0 Å². The smallest absolute Gasteiger partial charge is 0.269 e. The Balaban J connectivity index is 2.03. The number of benzene rings is 1. The Hall–Kier alpha value is -2.21. The Bertz CT molecular complexity index is 621. The van der Waals surface area contributed by atoms with Crippen LogP contribution < -0.4 is 5.32 Å². The Kier molecular flexibility index (Phi) is 4.14. The molecule has 1 unspecified atom stereocenters. The lowest BCUT2D eigenvalue weighted by Crippen LogP contribution is -2.18. The Morgan fingerprint density at radius 1 is 1.50 bits per heavy atom. The summed E-state index contributed by atoms with van der Waals surface area (Å²) in [7, 11) is 1.91. The Labute approximate surface area is 117 Å². The van der Waals surface area contributed by atoms with Crippen LogP contribution in [0.3, 0.4) is 0 Å². The molecule has 0 fully saturated rings. The zero-order chi connectivity index (χ0) is 14.7. The van der Waals surface area contributed by atoms with Gasteiger partial charge in [0.1, 0.15) is 0 Å². The molecular formula is C14H18N4O2. The lowest BCUT2D eigenvalue weighted by atomic mass is 10.1. The molecule has 2 aromatic rings. The lowest BCUT2D eigenvalue weighted by Gasteiger charge is -2.13. The number of nitro benzene ring substituents is 1. The molecule has 1 aromatic heterocycles. The number of nitrogens with one attached hydrogen (secondary N) is 1. The van der Waals surface area contributed by atoms with Gasteiger partial charge >= 0.3 is 0 Å². The van der Waals surface area contributed by atoms with Gasteiger partial charge in [0, 0.05) is 43.0 Å². The van der Waals surface area contributed by atoms with Crippen LogP contribution in [-0.2, 0) is 13.6 Å². The first-order valence-electron chi connectivity index (χ1n) is 6.44. The maximum Gasteiger partial charge on any atom is 0.269 e. The van der Waals surface area contributed by atoms with Gasteiger partial charge in [-0.3, -0.25) is 14.8 Å². The van der Waals surface area contributed by atoms with E-state index in [-0.39, 0.29) is 16.7 Å². The number of nitrogens with zero attached hydrogens (tertiary/aromatic N) is 3. The average Bonchev–Trinajstić information content (AvgIpc) is 2.77. The third kappa shape index (κ3) is 3.03. The van der Waals surface area contributed by atoms with E-state index in [0.29, 0.717) is 6.54 Å². The molecule has 0 aliphatic rings. The Morgan fingerprint density at radius 2 is 2.25 bits per heavy atom. The predicted molar refractivity (Wildman–Crippen MR) is 76.3 cm³/mol. The zero-order valence-corrected chi connectivity index (χ0v) is 11.8. The number of rotatable bonds is 5. The van der Waals surface area contributed by atoms with E-state index in [0.717, 1.165) is 16.8 Å². The van der Waals surface area contributed by atoms with E-state index in [1.165, 1.54) is 6.07 Å². The van der Waals surface area contributed by atoms with Crippen molar-refractivity contribution in [3.8, 4) is 0 Å². The molecule has 0 radical (unpaired) electrons. The van der Waals surface area contributed by atoms with Gasteiger partial charge in [-0.15, -0.1) is 0 Å². The fourth-order valence-electron chi connectivity index (χ4n) is 2.10. The largest absolute Gasteiger partial charge is 0.306 e. The normalized spacial score (nSPS) is 12.3. The van der Waals surface area contributed by atoms with Gasteiger partial charge in [0.2, 0.25) is 0 Å². The summed E-state index contributed by atoms with van der Waals surface area (Å²) >= 11 is 0. The third-order valence-corrected chi connectivity index (χ3v) is 3.47. The van der Waals surface area contributed by atoms with Crippen molar-refractivity contribution < 1.29 is 4.92 Å². The van der Waals surface area contributed by atoms with Crippen LogP contribution >= 0.6 is 0 Å². The van der Waals surface area contributed by atoms with E-state index in [1.54, 1.807) is 12.1 Å². The molecule has 20 heavy (non-hydrogen) atoms. The molecule has 1 aromatic carbocycles. The molecule has 1 N–H and O–H groups in total. The molecule has 106 valence electrons. The fourth-order valence-corrected chi connectivity index (χ4v) is 2.10. The quantitative estimate of drug-likeness (QED) is 0.671. The molecule has 6 nitrogen and oxygen atoms in total. The van der Waals surface area contributed by atoms with Crippen molar-refractivity contribution in [3.05, 3.63) is 57.4 Å². The van der Waals surface area contributed by atoms with Gasteiger partial charge in [0.05, 0.1) is 11.1 Å². The molecule has 0 saturated carbocycles. The SMILES string of the molecule is Cc1c(C(C)NCc2cccc([N+](=O)[O-])c2)cnn1C. The summed E-state index contributed by atoms with van der Waals surface area (Å²) in [5.41, 5.74) is 3.27. The van der Waals surface area contributed by atoms with Crippen LogP contribution in [0.15, 0.2) is 30.5 Å². The third-order valence-electron chi connectivity index (χ3n) is 3.47. The molecule has 0 aliphatic carbocycles. The highest BCUT2D eigenvalue weighted by molar-refractivity contribution is 5.34. The molecule has 1 heterocycles. The molecule has 0 amide bonds. The van der Waals surface area contributed by atoms with Crippen LogP contribution in [0.5, 0.6) is 0 Å². The van der Waals surface area contributed by atoms with E-state index in [9.17, 15) is 10.1 Å². The number of hydrogen-bond donors (Lipinski definition) is 1. The van der Waals surface area contributed by atoms with Crippen LogP contribution in [0.1, 0.15) is 29.8 Å². The summed E-state index contributed by atoms with van der Waals surface area (Å²) in [4.78, 5) is 10.4. The van der Waals surface area contributed by atoms with Gasteiger partial charge in [-0.1, -0.05) is 12.1 Å². The van der Waals surface area contributed by atoms with Gasteiger partial charge < -0.3 is 5.32 Å². The van der Waals surface area contributed by atoms with Crippen LogP contribution in [0.2, 0.25) is 0 Å². The molecule has 6 heteroatoms. The predicted octanol–water partition coefficient (Wildman–Crippen LogP) is 2.49. The van der Waals surface area contributed by atoms with E-state index in [2.05, 4.69) is 17.3 Å². The van der Waals surface area contributed by atoms with Crippen molar-refractivity contribution in [1.29, 1.82) is 0 Å². The number of non-ortho nitro benzene ring substituents is 1. The standard InChI is InChI=1S/C14H18N4O2/c1-10(14-9-16-17(3)11(14)2)15-8-12-5-4-6-13(7-12)18(19)20/h4-7,9-10,15H,8H2,1-3H3. The summed E-state index contributed by atoms with van der Waals surface area (Å²) in [6.45, 7) is 4.66. The lowest BCUT2D eigenvalue weighted by molar-refractivity contribution is -0.384. The second-order valence-corrected chi connectivity index (χ2v) is 4.84. The number of nitro groups is 1. The highest BCUT2D eigenvalue weighted by Crippen LogP contribution is 2.18. The average molecular weight is 274 g/mol. The summed E-state index contributed by atoms with van der Waals surface area (Å²) in [6.07, 6.45) is 1.85. The molecule has 0 aliphatic heterocycles. The summed E-state index contributed by atoms with van der Waals surface area (Å²) in [5.74, 6) is 0. The van der Waals surface area contributed by atoms with Crippen molar-refractivity contribution in [2.75, 3.05) is 0 Å². The van der Waals surface area contributed by atoms with E-state index < -0.39 is 0 Å². The van der Waals surface area contributed by atoms with E-state index in [4.69, 9.17) is 0 Å². The second kappa shape index (κ2) is 5.83. The highest BCUT2D eigenvalue weighted by Gasteiger charge is 2.12. The first-order chi connectivity index (χ1) is 9.49. The first-order valence-corrected chi connectivity index (χ1v) is 6.44. The molecule has 0 saturated heterocycles. The minimum atomic E-state index is -0.377. The van der Waals surface area contributed by atoms with Crippen molar-refractivity contribution in [3.63, 3.8) is 0 Å². The number of aromatic nitrogens is 2. The maximum atomic E-state index is 10.7.